The third-order valence-corrected chi connectivity index (χ3v) is 2.94. The van der Waals surface area contributed by atoms with Crippen LogP contribution >= 0.6 is 11.6 Å². The van der Waals surface area contributed by atoms with Crippen LogP contribution in [0.5, 0.6) is 0 Å². The van der Waals surface area contributed by atoms with Gasteiger partial charge in [-0.1, -0.05) is 37.6 Å². The van der Waals surface area contributed by atoms with Gasteiger partial charge < -0.3 is 10.1 Å². The zero-order valence-electron chi connectivity index (χ0n) is 10.9. The molecule has 0 fully saturated rings. The molecule has 17 heavy (non-hydrogen) atoms. The average molecular weight is 256 g/mol. The highest BCUT2D eigenvalue weighted by Crippen LogP contribution is 2.24. The molecule has 0 aliphatic rings. The lowest BCUT2D eigenvalue weighted by Gasteiger charge is -2.19. The molecule has 1 aromatic carbocycles. The van der Waals surface area contributed by atoms with Gasteiger partial charge in [-0.05, 0) is 37.1 Å². The number of ether oxygens (including phenoxy) is 1. The molecule has 0 saturated heterocycles. The van der Waals surface area contributed by atoms with E-state index in [1.165, 1.54) is 5.56 Å². The van der Waals surface area contributed by atoms with Gasteiger partial charge >= 0.3 is 0 Å². The fourth-order valence-corrected chi connectivity index (χ4v) is 2.13. The van der Waals surface area contributed by atoms with Gasteiger partial charge in [0.25, 0.3) is 0 Å². The molecule has 0 radical (unpaired) electrons. The topological polar surface area (TPSA) is 21.3 Å². The number of benzene rings is 1. The maximum absolute atomic E-state index is 6.28. The van der Waals surface area contributed by atoms with Crippen LogP contribution in [0.1, 0.15) is 37.4 Å². The third kappa shape index (κ3) is 4.66. The summed E-state index contributed by atoms with van der Waals surface area (Å²) in [5, 5.41) is 4.22. The molecular weight excluding hydrogens is 234 g/mol. The first-order valence-electron chi connectivity index (χ1n) is 6.26. The highest BCUT2D eigenvalue weighted by Gasteiger charge is 2.13. The van der Waals surface area contributed by atoms with Crippen LogP contribution in [-0.2, 0) is 4.74 Å². The van der Waals surface area contributed by atoms with Gasteiger partial charge in [0, 0.05) is 11.6 Å². The van der Waals surface area contributed by atoms with Crippen LogP contribution < -0.4 is 5.32 Å². The average Bonchev–Trinajstić information content (AvgIpc) is 2.28. The Morgan fingerprint density at radius 1 is 1.35 bits per heavy atom. The van der Waals surface area contributed by atoms with Crippen molar-refractivity contribution in [2.75, 3.05) is 19.8 Å². The SMILES string of the molecule is CCCOCC(NCC)c1ccc(C)cc1Cl. The molecule has 2 nitrogen and oxygen atoms in total. The van der Waals surface area contributed by atoms with Gasteiger partial charge in [-0.15, -0.1) is 0 Å². The van der Waals surface area contributed by atoms with Crippen molar-refractivity contribution >= 4 is 11.6 Å². The lowest BCUT2D eigenvalue weighted by atomic mass is 10.1. The smallest absolute Gasteiger partial charge is 0.0662 e. The van der Waals surface area contributed by atoms with Crippen molar-refractivity contribution in [1.29, 1.82) is 0 Å². The molecule has 1 atom stereocenters. The van der Waals surface area contributed by atoms with Crippen LogP contribution in [0, 0.1) is 6.92 Å². The maximum atomic E-state index is 6.28. The summed E-state index contributed by atoms with van der Waals surface area (Å²) < 4.78 is 5.62. The van der Waals surface area contributed by atoms with Gasteiger partial charge in [0.15, 0.2) is 0 Å². The molecule has 0 spiro atoms. The Hall–Kier alpha value is -0.570. The molecule has 96 valence electrons. The van der Waals surface area contributed by atoms with Crippen LogP contribution in [-0.4, -0.2) is 19.8 Å². The van der Waals surface area contributed by atoms with Crippen LogP contribution in [0.25, 0.3) is 0 Å². The molecule has 0 bridgehead atoms. The summed E-state index contributed by atoms with van der Waals surface area (Å²) in [4.78, 5) is 0. The number of halogens is 1. The van der Waals surface area contributed by atoms with Crippen molar-refractivity contribution in [1.82, 2.24) is 5.32 Å². The first-order chi connectivity index (χ1) is 8.19. The minimum atomic E-state index is 0.180. The molecule has 0 aliphatic carbocycles. The van der Waals surface area contributed by atoms with Gasteiger partial charge in [-0.3, -0.25) is 0 Å². The summed E-state index contributed by atoms with van der Waals surface area (Å²) in [5.41, 5.74) is 2.30. The second kappa shape index (κ2) is 7.70. The van der Waals surface area contributed by atoms with Crippen LogP contribution in [0.15, 0.2) is 18.2 Å². The molecule has 1 unspecified atom stereocenters. The van der Waals surface area contributed by atoms with Crippen molar-refractivity contribution in [3.63, 3.8) is 0 Å². The third-order valence-electron chi connectivity index (χ3n) is 2.61. The lowest BCUT2D eigenvalue weighted by molar-refractivity contribution is 0.112. The monoisotopic (exact) mass is 255 g/mol. The molecule has 3 heteroatoms. The molecule has 0 heterocycles. The maximum Gasteiger partial charge on any atom is 0.0662 e. The van der Waals surface area contributed by atoms with Gasteiger partial charge in [0.2, 0.25) is 0 Å². The fraction of sp³-hybridized carbons (Fsp3) is 0.571. The van der Waals surface area contributed by atoms with Crippen LogP contribution in [0.2, 0.25) is 5.02 Å². The minimum absolute atomic E-state index is 0.180. The Kier molecular flexibility index (Phi) is 6.56. The number of hydrogen-bond donors (Lipinski definition) is 1. The van der Waals surface area contributed by atoms with E-state index in [4.69, 9.17) is 16.3 Å². The number of hydrogen-bond acceptors (Lipinski definition) is 2. The molecule has 0 aromatic heterocycles. The van der Waals surface area contributed by atoms with E-state index in [0.29, 0.717) is 6.61 Å². The molecule has 1 N–H and O–H groups in total. The summed E-state index contributed by atoms with van der Waals surface area (Å²) in [6.07, 6.45) is 1.04. The largest absolute Gasteiger partial charge is 0.379 e. The Labute approximate surface area is 109 Å². The van der Waals surface area contributed by atoms with Crippen LogP contribution in [0.4, 0.5) is 0 Å². The van der Waals surface area contributed by atoms with Crippen molar-refractivity contribution < 1.29 is 4.74 Å². The minimum Gasteiger partial charge on any atom is -0.379 e. The molecule has 1 rings (SSSR count). The molecule has 1 aromatic rings. The van der Waals surface area contributed by atoms with E-state index < -0.39 is 0 Å². The lowest BCUT2D eigenvalue weighted by Crippen LogP contribution is -2.25. The number of aryl methyl sites for hydroxylation is 1. The van der Waals surface area contributed by atoms with Gasteiger partial charge in [0.1, 0.15) is 0 Å². The van der Waals surface area contributed by atoms with E-state index in [-0.39, 0.29) is 6.04 Å². The van der Waals surface area contributed by atoms with E-state index in [1.807, 2.05) is 13.0 Å². The van der Waals surface area contributed by atoms with Gasteiger partial charge in [0.05, 0.1) is 12.6 Å². The summed E-state index contributed by atoms with van der Waals surface area (Å²) in [6, 6.07) is 6.35. The normalized spacial score (nSPS) is 12.7. The zero-order valence-corrected chi connectivity index (χ0v) is 11.7. The predicted molar refractivity (Wildman–Crippen MR) is 73.7 cm³/mol. The number of likely N-dealkylation sites (N-methyl/N-ethyl adjacent to an activating group) is 1. The van der Waals surface area contributed by atoms with Crippen LogP contribution in [0.3, 0.4) is 0 Å². The molecular formula is C14H22ClNO. The molecule has 0 amide bonds. The van der Waals surface area contributed by atoms with Crippen molar-refractivity contribution in [3.8, 4) is 0 Å². The highest BCUT2D eigenvalue weighted by atomic mass is 35.5. The van der Waals surface area contributed by atoms with E-state index in [9.17, 15) is 0 Å². The highest BCUT2D eigenvalue weighted by molar-refractivity contribution is 6.31. The fourth-order valence-electron chi connectivity index (χ4n) is 1.77. The molecule has 0 aliphatic heterocycles. The summed E-state index contributed by atoms with van der Waals surface area (Å²) >= 11 is 6.28. The Morgan fingerprint density at radius 2 is 2.12 bits per heavy atom. The Balaban J connectivity index is 2.74. The second-order valence-corrected chi connectivity index (χ2v) is 4.62. The Morgan fingerprint density at radius 3 is 2.71 bits per heavy atom. The standard InChI is InChI=1S/C14H22ClNO/c1-4-8-17-10-14(16-5-2)12-7-6-11(3)9-13(12)15/h6-7,9,14,16H,4-5,8,10H2,1-3H3. The van der Waals surface area contributed by atoms with Gasteiger partial charge in [-0.2, -0.15) is 0 Å². The Bertz CT molecular complexity index is 341. The van der Waals surface area contributed by atoms with Gasteiger partial charge in [-0.25, -0.2) is 0 Å². The first-order valence-corrected chi connectivity index (χ1v) is 6.64. The predicted octanol–water partition coefficient (Wildman–Crippen LogP) is 3.73. The van der Waals surface area contributed by atoms with E-state index >= 15 is 0 Å². The van der Waals surface area contributed by atoms with E-state index in [0.717, 1.165) is 30.2 Å². The first kappa shape index (κ1) is 14.5. The molecule has 0 saturated carbocycles. The van der Waals surface area contributed by atoms with E-state index in [2.05, 4.69) is 31.3 Å². The van der Waals surface area contributed by atoms with Crippen molar-refractivity contribution in [2.45, 2.75) is 33.2 Å². The zero-order chi connectivity index (χ0) is 12.7. The number of nitrogens with one attached hydrogen (secondary N) is 1. The van der Waals surface area contributed by atoms with E-state index in [1.54, 1.807) is 0 Å². The summed E-state index contributed by atoms with van der Waals surface area (Å²) in [6.45, 7) is 8.63. The quantitative estimate of drug-likeness (QED) is 0.750. The second-order valence-electron chi connectivity index (χ2n) is 4.21. The summed E-state index contributed by atoms with van der Waals surface area (Å²) in [5.74, 6) is 0. The number of rotatable bonds is 7. The summed E-state index contributed by atoms with van der Waals surface area (Å²) in [7, 11) is 0. The van der Waals surface area contributed by atoms with Crippen molar-refractivity contribution in [2.24, 2.45) is 0 Å². The van der Waals surface area contributed by atoms with Crippen molar-refractivity contribution in [3.05, 3.63) is 34.3 Å².